The van der Waals surface area contributed by atoms with Gasteiger partial charge in [0.15, 0.2) is 0 Å². The van der Waals surface area contributed by atoms with Gasteiger partial charge < -0.3 is 5.73 Å². The zero-order chi connectivity index (χ0) is 5.11. The second kappa shape index (κ2) is 4.05. The molecule has 1 aromatic rings. The second-order valence-corrected chi connectivity index (χ2v) is 1.33. The number of nitrogens with two attached hydrogens (primary N) is 1. The molecule has 0 bridgehead atoms. The van der Waals surface area contributed by atoms with Gasteiger partial charge >= 0.3 is 0 Å². The minimum atomic E-state index is 0. The average molecular weight is 181 g/mol. The van der Waals surface area contributed by atoms with Crippen molar-refractivity contribution in [1.29, 1.82) is 0 Å². The van der Waals surface area contributed by atoms with Crippen molar-refractivity contribution in [3.05, 3.63) is 30.3 Å². The van der Waals surface area contributed by atoms with E-state index in [9.17, 15) is 0 Å². The van der Waals surface area contributed by atoms with Crippen molar-refractivity contribution in [2.45, 2.75) is 0 Å². The monoisotopic (exact) mass is 181 g/mol. The largest absolute Gasteiger partial charge is 0.419 e. The Morgan fingerprint density at radius 2 is 1.75 bits per heavy atom. The number of benzene rings is 1. The zero-order valence-electron chi connectivity index (χ0n) is 4.46. The summed E-state index contributed by atoms with van der Waals surface area (Å²) in [6.45, 7) is 0. The van der Waals surface area contributed by atoms with Crippen molar-refractivity contribution in [1.82, 2.24) is 0 Å². The molecule has 0 unspecified atom stereocenters. The van der Waals surface area contributed by atoms with Crippen molar-refractivity contribution < 1.29 is 32.7 Å². The maximum Gasteiger partial charge on any atom is 0 e. The Hall–Kier alpha value is 0.124. The van der Waals surface area contributed by atoms with E-state index in [4.69, 9.17) is 5.73 Å². The molecule has 0 aliphatic heterocycles. The third kappa shape index (κ3) is 2.44. The van der Waals surface area contributed by atoms with E-state index >= 15 is 0 Å². The van der Waals surface area contributed by atoms with Gasteiger partial charge in [-0.2, -0.15) is 18.2 Å². The fourth-order valence-corrected chi connectivity index (χ4v) is 0.400. The summed E-state index contributed by atoms with van der Waals surface area (Å²) in [5.74, 6) is 0. The van der Waals surface area contributed by atoms with Crippen LogP contribution in [0.5, 0.6) is 0 Å². The molecule has 0 spiro atoms. The molecule has 1 rings (SSSR count). The molecule has 0 amide bonds. The van der Waals surface area contributed by atoms with E-state index < -0.39 is 0 Å². The molecule has 0 saturated carbocycles. The van der Waals surface area contributed by atoms with Crippen LogP contribution in [-0.4, -0.2) is 0 Å². The van der Waals surface area contributed by atoms with Gasteiger partial charge in [-0.05, 0) is 0 Å². The molecule has 0 aliphatic carbocycles. The van der Waals surface area contributed by atoms with E-state index in [2.05, 4.69) is 6.07 Å². The van der Waals surface area contributed by atoms with Gasteiger partial charge in [0.2, 0.25) is 0 Å². The van der Waals surface area contributed by atoms with E-state index in [1.165, 1.54) is 0 Å². The fraction of sp³-hybridized carbons (Fsp3) is 0. The van der Waals surface area contributed by atoms with Crippen molar-refractivity contribution in [2.75, 3.05) is 5.73 Å². The molecule has 0 fully saturated rings. The Labute approximate surface area is 74.2 Å². The molecule has 0 heterocycles. The molecule has 1 nitrogen and oxygen atoms in total. The number of rotatable bonds is 0. The van der Waals surface area contributed by atoms with Gasteiger partial charge in [-0.3, -0.25) is 0 Å². The van der Waals surface area contributed by atoms with E-state index in [1.807, 2.05) is 0 Å². The number of anilines is 1. The Kier molecular flexibility index (Phi) is 4.11. The summed E-state index contributed by atoms with van der Waals surface area (Å²) in [5, 5.41) is 0. The van der Waals surface area contributed by atoms with Crippen LogP contribution in [0.1, 0.15) is 0 Å². The summed E-state index contributed by atoms with van der Waals surface area (Å²) in [4.78, 5) is 0. The fourth-order valence-electron chi connectivity index (χ4n) is 0.400. The first-order valence-corrected chi connectivity index (χ1v) is 2.11. The third-order valence-electron chi connectivity index (χ3n) is 0.744. The number of hydrogen-bond donors (Lipinski definition) is 1. The zero-order valence-corrected chi connectivity index (χ0v) is 7.30. The van der Waals surface area contributed by atoms with Gasteiger partial charge in [0.25, 0.3) is 0 Å². The topological polar surface area (TPSA) is 26.0 Å². The predicted molar refractivity (Wildman–Crippen MR) is 29.7 cm³/mol. The van der Waals surface area contributed by atoms with Crippen molar-refractivity contribution in [2.24, 2.45) is 0 Å². The van der Waals surface area contributed by atoms with E-state index in [0.717, 1.165) is 5.69 Å². The molecule has 1 aromatic carbocycles. The van der Waals surface area contributed by atoms with Crippen LogP contribution in [-0.2, 0) is 32.7 Å². The van der Waals surface area contributed by atoms with Gasteiger partial charge in [-0.1, -0.05) is 5.69 Å². The summed E-state index contributed by atoms with van der Waals surface area (Å²) >= 11 is 0. The van der Waals surface area contributed by atoms with Crippen LogP contribution in [0.25, 0.3) is 0 Å². The van der Waals surface area contributed by atoms with E-state index in [0.29, 0.717) is 0 Å². The van der Waals surface area contributed by atoms with Crippen molar-refractivity contribution in [3.8, 4) is 0 Å². The molecule has 2 heteroatoms. The average Bonchev–Trinajstić information content (AvgIpc) is 1.69. The Balaban J connectivity index is 0.000000490. The van der Waals surface area contributed by atoms with Crippen LogP contribution in [0.2, 0.25) is 0 Å². The van der Waals surface area contributed by atoms with Crippen LogP contribution >= 0.6 is 0 Å². The normalized spacial score (nSPS) is 7.50. The van der Waals surface area contributed by atoms with Gasteiger partial charge in [0, 0.05) is 32.7 Å². The van der Waals surface area contributed by atoms with Crippen LogP contribution in [0, 0.1) is 6.07 Å². The van der Waals surface area contributed by atoms with Crippen LogP contribution < -0.4 is 5.73 Å². The summed E-state index contributed by atoms with van der Waals surface area (Å²) in [5.41, 5.74) is 6.13. The molecule has 0 atom stereocenters. The molecular weight excluding hydrogens is 175 g/mol. The van der Waals surface area contributed by atoms with Gasteiger partial charge in [-0.15, -0.1) is 12.1 Å². The maximum atomic E-state index is 5.34. The Morgan fingerprint density at radius 3 is 2.00 bits per heavy atom. The van der Waals surface area contributed by atoms with Crippen LogP contribution in [0.4, 0.5) is 5.69 Å². The standard InChI is InChI=1S/C6H6N.Y/c7-6-4-2-1-3-5-6;/h2-5H,7H2;/q-1;. The van der Waals surface area contributed by atoms with Crippen LogP contribution in [0.15, 0.2) is 24.3 Å². The van der Waals surface area contributed by atoms with Gasteiger partial charge in [0.05, 0.1) is 0 Å². The first-order valence-electron chi connectivity index (χ1n) is 2.11. The number of nitrogen functional groups attached to an aromatic ring is 1. The first kappa shape index (κ1) is 8.12. The summed E-state index contributed by atoms with van der Waals surface area (Å²) < 4.78 is 0. The minimum absolute atomic E-state index is 0. The smallest absolute Gasteiger partial charge is 0 e. The SMILES string of the molecule is Nc1cc[c-]cc1.[Y]. The maximum absolute atomic E-state index is 5.34. The minimum Gasteiger partial charge on any atom is -0.419 e. The predicted octanol–water partition coefficient (Wildman–Crippen LogP) is 1.07. The molecular formula is C6H6NY-. The molecule has 2 N–H and O–H groups in total. The van der Waals surface area contributed by atoms with Crippen LogP contribution in [0.3, 0.4) is 0 Å². The molecule has 0 aromatic heterocycles. The molecule has 0 aliphatic rings. The first-order chi connectivity index (χ1) is 3.39. The summed E-state index contributed by atoms with van der Waals surface area (Å²) in [6.07, 6.45) is 0. The van der Waals surface area contributed by atoms with Gasteiger partial charge in [-0.25, -0.2) is 0 Å². The Bertz CT molecular complexity index is 138. The molecule has 8 heavy (non-hydrogen) atoms. The summed E-state index contributed by atoms with van der Waals surface area (Å²) in [7, 11) is 0. The quantitative estimate of drug-likeness (QED) is 0.470. The van der Waals surface area contributed by atoms with Crippen molar-refractivity contribution >= 4 is 5.69 Å². The molecule has 39 valence electrons. The van der Waals surface area contributed by atoms with E-state index in [1.54, 1.807) is 24.3 Å². The van der Waals surface area contributed by atoms with Gasteiger partial charge in [0.1, 0.15) is 0 Å². The number of hydrogen-bond acceptors (Lipinski definition) is 1. The van der Waals surface area contributed by atoms with E-state index in [-0.39, 0.29) is 32.7 Å². The molecule has 1 radical (unpaired) electrons. The molecule has 0 saturated heterocycles. The second-order valence-electron chi connectivity index (χ2n) is 1.33. The van der Waals surface area contributed by atoms with Crippen molar-refractivity contribution in [3.63, 3.8) is 0 Å². The third-order valence-corrected chi connectivity index (χ3v) is 0.744. The summed E-state index contributed by atoms with van der Waals surface area (Å²) in [6, 6.07) is 10.0. The Morgan fingerprint density at radius 1 is 1.25 bits per heavy atom.